The number of hydrogen-bond donors (Lipinski definition) is 0. The molecule has 41 heavy (non-hydrogen) atoms. The molecule has 3 heterocycles. The number of hydrogen-bond acceptors (Lipinski definition) is 7. The van der Waals surface area contributed by atoms with E-state index in [-0.39, 0.29) is 30.4 Å². The van der Waals surface area contributed by atoms with Crippen LogP contribution in [0.5, 0.6) is 0 Å². The van der Waals surface area contributed by atoms with Gasteiger partial charge < -0.3 is 13.2 Å². The van der Waals surface area contributed by atoms with Crippen LogP contribution in [0.2, 0.25) is 5.15 Å². The third kappa shape index (κ3) is 6.35. The Morgan fingerprint density at radius 3 is 2.63 bits per heavy atom. The molecule has 0 N–H and O–H groups in total. The zero-order valence-corrected chi connectivity index (χ0v) is 25.1. The molecule has 0 spiro atoms. The van der Waals surface area contributed by atoms with Gasteiger partial charge in [-0.25, -0.2) is 15.0 Å². The first-order valence-electron chi connectivity index (χ1n) is 12.3. The van der Waals surface area contributed by atoms with E-state index >= 15 is 0 Å². The number of allylic oxidation sites excluding steroid dienone is 4. The van der Waals surface area contributed by atoms with Gasteiger partial charge in [0.15, 0.2) is 17.3 Å². The largest absolute Gasteiger partial charge is 0.440 e. The maximum Gasteiger partial charge on any atom is 0.434 e. The number of aromatic nitrogens is 4. The normalized spacial score (nSPS) is 15.3. The van der Waals surface area contributed by atoms with Crippen LogP contribution in [0.15, 0.2) is 65.4 Å². The van der Waals surface area contributed by atoms with E-state index in [1.807, 2.05) is 41.7 Å². The average molecular weight is 622 g/mol. The van der Waals surface area contributed by atoms with Gasteiger partial charge in [0.1, 0.15) is 28.9 Å². The topological polar surface area (TPSA) is 69.2 Å². The second kappa shape index (κ2) is 12.4. The predicted molar refractivity (Wildman–Crippen MR) is 161 cm³/mol. The number of anilines is 1. The molecule has 1 unspecified atom stereocenters. The van der Waals surface area contributed by atoms with Crippen LogP contribution in [-0.4, -0.2) is 33.7 Å². The summed E-state index contributed by atoms with van der Waals surface area (Å²) in [5.41, 5.74) is 3.10. The van der Waals surface area contributed by atoms with Crippen molar-refractivity contribution in [2.45, 2.75) is 32.4 Å². The Bertz CT molecular complexity index is 1620. The fourth-order valence-electron chi connectivity index (χ4n) is 4.67. The van der Waals surface area contributed by atoms with Gasteiger partial charge in [-0.1, -0.05) is 35.9 Å². The maximum absolute atomic E-state index is 13.6. The number of imidazole rings is 1. The standard InChI is InChI=1S/C28H25ClF3N5O2S.H2S/c1-16-34-24(28(30,31)32)15-37(16)23-11-10-19(18-7-5-8-20(13-18)36(3)40-38-4)14-22(23)25-26(39-17(2)35-25)21-9-6-12-33-27(21)29;/h5-9,11-15,19H,10H2,1-4H3;1H2. The van der Waals surface area contributed by atoms with Crippen molar-refractivity contribution in [2.24, 2.45) is 0 Å². The number of benzene rings is 1. The summed E-state index contributed by atoms with van der Waals surface area (Å²) in [7, 11) is 3.50. The van der Waals surface area contributed by atoms with Crippen LogP contribution in [-0.2, 0) is 10.4 Å². The van der Waals surface area contributed by atoms with Crippen LogP contribution in [0.4, 0.5) is 18.9 Å². The molecule has 0 radical (unpaired) electrons. The molecule has 7 nitrogen and oxygen atoms in total. The minimum Gasteiger partial charge on any atom is -0.440 e. The van der Waals surface area contributed by atoms with E-state index in [4.69, 9.17) is 20.2 Å². The highest BCUT2D eigenvalue weighted by Gasteiger charge is 2.36. The Hall–Kier alpha value is -3.19. The van der Waals surface area contributed by atoms with Crippen molar-refractivity contribution in [3.63, 3.8) is 0 Å². The molecule has 1 aromatic carbocycles. The van der Waals surface area contributed by atoms with Crippen molar-refractivity contribution in [2.75, 3.05) is 18.5 Å². The Labute approximate surface area is 251 Å². The zero-order valence-electron chi connectivity index (χ0n) is 22.5. The van der Waals surface area contributed by atoms with Crippen molar-refractivity contribution in [1.29, 1.82) is 0 Å². The van der Waals surface area contributed by atoms with Gasteiger partial charge in [-0.15, -0.1) is 0 Å². The summed E-state index contributed by atoms with van der Waals surface area (Å²) in [4.78, 5) is 12.6. The van der Waals surface area contributed by atoms with Crippen LogP contribution in [0.25, 0.3) is 22.6 Å². The zero-order chi connectivity index (χ0) is 28.6. The predicted octanol–water partition coefficient (Wildman–Crippen LogP) is 8.09. The Morgan fingerprint density at radius 1 is 1.17 bits per heavy atom. The number of pyridine rings is 1. The van der Waals surface area contributed by atoms with Gasteiger partial charge in [0.2, 0.25) is 0 Å². The Kier molecular flexibility index (Phi) is 9.27. The van der Waals surface area contributed by atoms with Crippen LogP contribution >= 0.6 is 37.3 Å². The summed E-state index contributed by atoms with van der Waals surface area (Å²) in [5, 5.41) is 0.225. The quantitative estimate of drug-likeness (QED) is 0.117. The van der Waals surface area contributed by atoms with Gasteiger partial charge in [0, 0.05) is 43.5 Å². The van der Waals surface area contributed by atoms with Crippen LogP contribution < -0.4 is 4.31 Å². The monoisotopic (exact) mass is 621 g/mol. The lowest BCUT2D eigenvalue weighted by molar-refractivity contribution is -0.141. The van der Waals surface area contributed by atoms with Crippen molar-refractivity contribution >= 4 is 54.3 Å². The smallest absolute Gasteiger partial charge is 0.434 e. The first kappa shape index (κ1) is 30.8. The lowest BCUT2D eigenvalue weighted by Gasteiger charge is -2.24. The summed E-state index contributed by atoms with van der Waals surface area (Å²) in [6.07, 6.45) is 2.46. The van der Waals surface area contributed by atoms with E-state index in [1.54, 1.807) is 39.3 Å². The molecule has 0 saturated carbocycles. The van der Waals surface area contributed by atoms with Crippen molar-refractivity contribution in [3.8, 4) is 11.3 Å². The average Bonchev–Trinajstić information content (AvgIpc) is 3.51. The molecule has 1 atom stereocenters. The summed E-state index contributed by atoms with van der Waals surface area (Å²) >= 11 is 7.63. The molecule has 0 aliphatic heterocycles. The van der Waals surface area contributed by atoms with Crippen molar-refractivity contribution in [3.05, 3.63) is 94.8 Å². The highest BCUT2D eigenvalue weighted by Crippen LogP contribution is 2.43. The van der Waals surface area contributed by atoms with Crippen LogP contribution in [0, 0.1) is 13.8 Å². The molecule has 4 aromatic rings. The molecule has 0 bridgehead atoms. The fourth-order valence-corrected chi connectivity index (χ4v) is 5.30. The minimum atomic E-state index is -4.58. The molecule has 13 heteroatoms. The van der Waals surface area contributed by atoms with Gasteiger partial charge in [0.05, 0.1) is 18.4 Å². The molecular formula is C28H27ClF3N5O2S2. The fraction of sp³-hybridized carbons (Fsp3) is 0.250. The van der Waals surface area contributed by atoms with Crippen LogP contribution in [0.3, 0.4) is 0 Å². The van der Waals surface area contributed by atoms with Crippen LogP contribution in [0.1, 0.15) is 41.0 Å². The van der Waals surface area contributed by atoms with E-state index in [0.29, 0.717) is 40.6 Å². The molecule has 1 aliphatic carbocycles. The molecule has 5 rings (SSSR count). The van der Waals surface area contributed by atoms with E-state index in [1.165, 1.54) is 16.8 Å². The Morgan fingerprint density at radius 2 is 1.95 bits per heavy atom. The molecular weight excluding hydrogens is 595 g/mol. The second-order valence-corrected chi connectivity index (χ2v) is 10.5. The summed E-state index contributed by atoms with van der Waals surface area (Å²) in [6, 6.07) is 11.5. The van der Waals surface area contributed by atoms with Gasteiger partial charge in [0.25, 0.3) is 0 Å². The molecule has 3 aromatic heterocycles. The Balaban J connectivity index is 0.00000387. The SMILES string of the molecule is COSN(C)c1cccc(C2C=C(c3nc(C)oc3-c3cccnc3Cl)C(n3cc(C(F)(F)F)nc3C)=CC2)c1.S. The van der Waals surface area contributed by atoms with Gasteiger partial charge in [-0.3, -0.25) is 4.31 Å². The molecule has 216 valence electrons. The van der Waals surface area contributed by atoms with Gasteiger partial charge >= 0.3 is 6.18 Å². The number of alkyl halides is 3. The third-order valence-electron chi connectivity index (χ3n) is 6.48. The number of aryl methyl sites for hydroxylation is 2. The number of rotatable bonds is 7. The first-order valence-corrected chi connectivity index (χ1v) is 13.3. The lowest BCUT2D eigenvalue weighted by Crippen LogP contribution is -2.11. The summed E-state index contributed by atoms with van der Waals surface area (Å²) < 4.78 is 55.2. The highest BCUT2D eigenvalue weighted by atomic mass is 35.5. The first-order chi connectivity index (χ1) is 19.1. The number of oxazole rings is 1. The minimum absolute atomic E-state index is 0. The maximum atomic E-state index is 13.6. The second-order valence-electron chi connectivity index (χ2n) is 9.14. The third-order valence-corrected chi connectivity index (χ3v) is 7.37. The van der Waals surface area contributed by atoms with Gasteiger partial charge in [-0.05, 0) is 43.2 Å². The summed E-state index contributed by atoms with van der Waals surface area (Å²) in [5.74, 6) is 0.863. The van der Waals surface area contributed by atoms with Crippen molar-refractivity contribution in [1.82, 2.24) is 19.5 Å². The molecule has 0 amide bonds. The highest BCUT2D eigenvalue weighted by molar-refractivity contribution is 7.96. The molecule has 0 saturated heterocycles. The van der Waals surface area contributed by atoms with Gasteiger partial charge in [-0.2, -0.15) is 26.7 Å². The van der Waals surface area contributed by atoms with E-state index in [2.05, 4.69) is 21.0 Å². The van der Waals surface area contributed by atoms with Crippen molar-refractivity contribution < 1.29 is 21.8 Å². The molecule has 0 fully saturated rings. The van der Waals surface area contributed by atoms with E-state index < -0.39 is 11.9 Å². The van der Waals surface area contributed by atoms with E-state index in [9.17, 15) is 13.2 Å². The van der Waals surface area contributed by atoms with E-state index in [0.717, 1.165) is 17.4 Å². The molecule has 1 aliphatic rings. The lowest BCUT2D eigenvalue weighted by atomic mass is 9.86. The number of nitrogens with zero attached hydrogens (tertiary/aromatic N) is 5. The number of halogens is 4. The summed E-state index contributed by atoms with van der Waals surface area (Å²) in [6.45, 7) is 3.25.